The van der Waals surface area contributed by atoms with Crippen LogP contribution < -0.4 is 11.5 Å². The van der Waals surface area contributed by atoms with Crippen molar-refractivity contribution >= 4 is 45.3 Å². The number of benzene rings is 1. The van der Waals surface area contributed by atoms with E-state index in [-0.39, 0.29) is 0 Å². The zero-order valence-electron chi connectivity index (χ0n) is 15.2. The lowest BCUT2D eigenvalue weighted by molar-refractivity contribution is 0.100. The van der Waals surface area contributed by atoms with Crippen molar-refractivity contribution in [1.82, 2.24) is 24.3 Å². The van der Waals surface area contributed by atoms with Gasteiger partial charge in [0.25, 0.3) is 0 Å². The highest BCUT2D eigenvalue weighted by Crippen LogP contribution is 2.42. The van der Waals surface area contributed by atoms with Gasteiger partial charge in [-0.05, 0) is 31.4 Å². The summed E-state index contributed by atoms with van der Waals surface area (Å²) in [6.07, 6.45) is 4.75. The normalized spacial score (nSPS) is 14.6. The summed E-state index contributed by atoms with van der Waals surface area (Å²) in [5.41, 5.74) is 14.9. The number of halogens is 1. The van der Waals surface area contributed by atoms with Gasteiger partial charge < -0.3 is 16.0 Å². The Morgan fingerprint density at radius 1 is 1.29 bits per heavy atom. The SMILES string of the molecule is Cn1c(-c2nn(C3CCC3)c3ncnc(N)c23)c(Cl)c2ccc(C(N)=O)cc21. The Bertz CT molecular complexity index is 1270. The number of amides is 1. The summed E-state index contributed by atoms with van der Waals surface area (Å²) in [6.45, 7) is 0. The minimum Gasteiger partial charge on any atom is -0.383 e. The molecule has 0 atom stereocenters. The second kappa shape index (κ2) is 5.93. The zero-order valence-corrected chi connectivity index (χ0v) is 15.9. The average Bonchev–Trinajstić information content (AvgIpc) is 3.10. The predicted octanol–water partition coefficient (Wildman–Crippen LogP) is 3.04. The molecule has 28 heavy (non-hydrogen) atoms. The Hall–Kier alpha value is -3.13. The van der Waals surface area contributed by atoms with E-state index in [9.17, 15) is 4.79 Å². The molecule has 1 amide bonds. The molecule has 4 aromatic rings. The maximum absolute atomic E-state index is 11.6. The maximum Gasteiger partial charge on any atom is 0.248 e. The highest BCUT2D eigenvalue weighted by Gasteiger charge is 2.28. The molecule has 3 aromatic heterocycles. The van der Waals surface area contributed by atoms with E-state index in [1.165, 1.54) is 12.7 Å². The van der Waals surface area contributed by atoms with Gasteiger partial charge in [-0.3, -0.25) is 4.79 Å². The van der Waals surface area contributed by atoms with Gasteiger partial charge in [0.1, 0.15) is 17.8 Å². The van der Waals surface area contributed by atoms with Gasteiger partial charge in [-0.15, -0.1) is 0 Å². The molecule has 1 aliphatic rings. The average molecular weight is 396 g/mol. The monoisotopic (exact) mass is 395 g/mol. The van der Waals surface area contributed by atoms with Crippen molar-refractivity contribution in [1.29, 1.82) is 0 Å². The lowest BCUT2D eigenvalue weighted by Gasteiger charge is -2.25. The van der Waals surface area contributed by atoms with Gasteiger partial charge in [0.2, 0.25) is 5.91 Å². The van der Waals surface area contributed by atoms with Crippen molar-refractivity contribution in [3.05, 3.63) is 35.1 Å². The first-order valence-electron chi connectivity index (χ1n) is 9.04. The van der Waals surface area contributed by atoms with Crippen LogP contribution in [0.4, 0.5) is 5.82 Å². The van der Waals surface area contributed by atoms with E-state index in [1.807, 2.05) is 16.3 Å². The van der Waals surface area contributed by atoms with Gasteiger partial charge in [0, 0.05) is 18.0 Å². The Labute approximate surface area is 165 Å². The van der Waals surface area contributed by atoms with Gasteiger partial charge in [-0.2, -0.15) is 5.10 Å². The van der Waals surface area contributed by atoms with E-state index < -0.39 is 5.91 Å². The smallest absolute Gasteiger partial charge is 0.248 e. The minimum absolute atomic E-state index is 0.306. The molecular formula is C19H18ClN7O. The summed E-state index contributed by atoms with van der Waals surface area (Å²) in [5, 5.41) is 6.90. The molecule has 1 fully saturated rings. The Morgan fingerprint density at radius 2 is 2.07 bits per heavy atom. The third-order valence-electron chi connectivity index (χ3n) is 5.59. The van der Waals surface area contributed by atoms with E-state index in [1.54, 1.807) is 18.2 Å². The number of hydrogen-bond donors (Lipinski definition) is 2. The fourth-order valence-corrected chi connectivity index (χ4v) is 4.23. The first kappa shape index (κ1) is 17.0. The van der Waals surface area contributed by atoms with Crippen LogP contribution in [0.2, 0.25) is 5.02 Å². The second-order valence-corrected chi connectivity index (χ2v) is 7.53. The first-order chi connectivity index (χ1) is 13.5. The van der Waals surface area contributed by atoms with Crippen LogP contribution in [0.1, 0.15) is 35.7 Å². The van der Waals surface area contributed by atoms with E-state index in [2.05, 4.69) is 9.97 Å². The number of nitrogen functional groups attached to an aromatic ring is 1. The van der Waals surface area contributed by atoms with Crippen LogP contribution in [0.15, 0.2) is 24.5 Å². The summed E-state index contributed by atoms with van der Waals surface area (Å²) in [5.74, 6) is -0.122. The highest BCUT2D eigenvalue weighted by atomic mass is 35.5. The molecule has 0 bridgehead atoms. The van der Waals surface area contributed by atoms with Crippen molar-refractivity contribution in [2.24, 2.45) is 12.8 Å². The summed E-state index contributed by atoms with van der Waals surface area (Å²) < 4.78 is 3.85. The molecule has 0 aliphatic heterocycles. The third-order valence-corrected chi connectivity index (χ3v) is 5.97. The third kappa shape index (κ3) is 2.24. The standard InChI is InChI=1S/C19H18ClN7O/c1-26-12-7-9(18(22)28)5-6-11(12)14(20)16(26)15-13-17(21)23-8-24-19(13)27(25-15)10-3-2-4-10/h5-8,10H,2-4H2,1H3,(H2,22,28)(H2,21,23,24). The molecule has 3 heterocycles. The number of hydrogen-bond acceptors (Lipinski definition) is 5. The van der Waals surface area contributed by atoms with Gasteiger partial charge in [0.15, 0.2) is 5.65 Å². The fraction of sp³-hybridized carbons (Fsp3) is 0.263. The number of carbonyl (C=O) groups is 1. The van der Waals surface area contributed by atoms with Gasteiger partial charge in [-0.1, -0.05) is 17.7 Å². The number of aromatic nitrogens is 5. The number of primary amides is 1. The first-order valence-corrected chi connectivity index (χ1v) is 9.42. The van der Waals surface area contributed by atoms with Crippen LogP contribution in [0.3, 0.4) is 0 Å². The number of carbonyl (C=O) groups excluding carboxylic acids is 1. The lowest BCUT2D eigenvalue weighted by Crippen LogP contribution is -2.18. The number of nitrogens with two attached hydrogens (primary N) is 2. The summed E-state index contributed by atoms with van der Waals surface area (Å²) in [4.78, 5) is 20.2. The van der Waals surface area contributed by atoms with E-state index in [4.69, 9.17) is 28.2 Å². The molecule has 1 saturated carbocycles. The number of rotatable bonds is 3. The minimum atomic E-state index is -0.488. The van der Waals surface area contributed by atoms with Gasteiger partial charge in [0.05, 0.1) is 27.7 Å². The van der Waals surface area contributed by atoms with Gasteiger partial charge >= 0.3 is 0 Å². The fourth-order valence-electron chi connectivity index (χ4n) is 3.85. The van der Waals surface area contributed by atoms with Crippen LogP contribution in [0.25, 0.3) is 33.3 Å². The maximum atomic E-state index is 11.6. The van der Waals surface area contributed by atoms with Crippen LogP contribution in [-0.4, -0.2) is 30.2 Å². The van der Waals surface area contributed by atoms with E-state index in [0.29, 0.717) is 44.9 Å². The highest BCUT2D eigenvalue weighted by molar-refractivity contribution is 6.39. The van der Waals surface area contributed by atoms with Crippen molar-refractivity contribution in [2.75, 3.05) is 5.73 Å². The summed E-state index contributed by atoms with van der Waals surface area (Å²) in [7, 11) is 1.88. The summed E-state index contributed by atoms with van der Waals surface area (Å²) >= 11 is 6.75. The molecule has 9 heteroatoms. The summed E-state index contributed by atoms with van der Waals surface area (Å²) in [6, 6.07) is 5.51. The zero-order chi connectivity index (χ0) is 19.6. The Morgan fingerprint density at radius 3 is 2.75 bits per heavy atom. The van der Waals surface area contributed by atoms with E-state index >= 15 is 0 Å². The molecule has 5 rings (SSSR count). The van der Waals surface area contributed by atoms with Gasteiger partial charge in [-0.25, -0.2) is 14.6 Å². The van der Waals surface area contributed by atoms with Crippen molar-refractivity contribution in [3.8, 4) is 11.4 Å². The molecule has 4 N–H and O–H groups in total. The Balaban J connectivity index is 1.83. The second-order valence-electron chi connectivity index (χ2n) is 7.15. The molecule has 8 nitrogen and oxygen atoms in total. The molecular weight excluding hydrogens is 378 g/mol. The number of nitrogens with zero attached hydrogens (tertiary/aromatic N) is 5. The molecule has 0 saturated heterocycles. The quantitative estimate of drug-likeness (QED) is 0.552. The van der Waals surface area contributed by atoms with E-state index in [0.717, 1.165) is 23.7 Å². The molecule has 0 spiro atoms. The Kier molecular flexibility index (Phi) is 3.60. The molecule has 0 unspecified atom stereocenters. The van der Waals surface area contributed by atoms with Crippen molar-refractivity contribution in [2.45, 2.75) is 25.3 Å². The van der Waals surface area contributed by atoms with Crippen LogP contribution in [0, 0.1) is 0 Å². The molecule has 142 valence electrons. The van der Waals surface area contributed by atoms with Crippen LogP contribution >= 0.6 is 11.6 Å². The topological polar surface area (TPSA) is 118 Å². The molecule has 1 aromatic carbocycles. The van der Waals surface area contributed by atoms with Crippen LogP contribution in [-0.2, 0) is 7.05 Å². The molecule has 0 radical (unpaired) electrons. The van der Waals surface area contributed by atoms with Crippen LogP contribution in [0.5, 0.6) is 0 Å². The van der Waals surface area contributed by atoms with Crippen molar-refractivity contribution < 1.29 is 4.79 Å². The number of anilines is 1. The predicted molar refractivity (Wildman–Crippen MR) is 108 cm³/mol. The lowest BCUT2D eigenvalue weighted by atomic mass is 9.93. The largest absolute Gasteiger partial charge is 0.383 e. The molecule has 1 aliphatic carbocycles. The number of aryl methyl sites for hydroxylation is 1. The van der Waals surface area contributed by atoms with Crippen molar-refractivity contribution in [3.63, 3.8) is 0 Å². The number of fused-ring (bicyclic) bond motifs is 2.